The van der Waals surface area contributed by atoms with Crippen molar-refractivity contribution in [1.29, 1.82) is 0 Å². The molecule has 0 aromatic carbocycles. The fraction of sp³-hybridized carbons (Fsp3) is 0.857. The first-order valence-electron chi connectivity index (χ1n) is 10.6. The van der Waals surface area contributed by atoms with E-state index in [-0.39, 0.29) is 19.8 Å². The Morgan fingerprint density at radius 3 is 1.57 bits per heavy atom. The molecule has 1 N–H and O–H groups in total. The van der Waals surface area contributed by atoms with Crippen LogP contribution in [-0.2, 0) is 28.6 Å². The number of ether oxygens (including phenoxy) is 3. The number of unbranched alkanes of at least 4 members (excludes halogenated alkanes) is 6. The van der Waals surface area contributed by atoms with E-state index in [1.165, 1.54) is 0 Å². The van der Waals surface area contributed by atoms with E-state index in [1.807, 2.05) is 20.8 Å². The standard InChI is InChI=1S/C21H38O7/c1-4-7-10-13-26-18(22)16-17(20(24)27-14-11-8-5-2)19(23)21(25)28-15-12-9-6-3/h17,19,23H,4-16H2,1-3H3. The van der Waals surface area contributed by atoms with E-state index in [4.69, 9.17) is 14.2 Å². The van der Waals surface area contributed by atoms with Gasteiger partial charge in [-0.15, -0.1) is 0 Å². The van der Waals surface area contributed by atoms with E-state index in [0.29, 0.717) is 12.8 Å². The molecule has 0 aliphatic carbocycles. The molecule has 0 bridgehead atoms. The Bertz CT molecular complexity index is 436. The van der Waals surface area contributed by atoms with Crippen LogP contribution in [-0.4, -0.2) is 48.9 Å². The van der Waals surface area contributed by atoms with Crippen molar-refractivity contribution in [2.75, 3.05) is 19.8 Å². The van der Waals surface area contributed by atoms with Gasteiger partial charge in [0.15, 0.2) is 6.10 Å². The number of carbonyl (C=O) groups excluding carboxylic acids is 3. The van der Waals surface area contributed by atoms with Gasteiger partial charge in [-0.1, -0.05) is 59.3 Å². The highest BCUT2D eigenvalue weighted by atomic mass is 16.6. The number of hydrogen-bond donors (Lipinski definition) is 1. The lowest BCUT2D eigenvalue weighted by Crippen LogP contribution is -2.39. The quantitative estimate of drug-likeness (QED) is 0.226. The van der Waals surface area contributed by atoms with Gasteiger partial charge in [0.2, 0.25) is 0 Å². The molecule has 0 amide bonds. The third-order valence-electron chi connectivity index (χ3n) is 4.31. The number of aliphatic hydroxyl groups is 1. The molecule has 28 heavy (non-hydrogen) atoms. The number of hydrogen-bond acceptors (Lipinski definition) is 7. The first-order chi connectivity index (χ1) is 13.5. The second kappa shape index (κ2) is 17.5. The molecular formula is C21H38O7. The summed E-state index contributed by atoms with van der Waals surface area (Å²) >= 11 is 0. The zero-order valence-electron chi connectivity index (χ0n) is 17.7. The van der Waals surface area contributed by atoms with Gasteiger partial charge in [0, 0.05) is 0 Å². The molecule has 2 unspecified atom stereocenters. The van der Waals surface area contributed by atoms with Crippen molar-refractivity contribution in [3.63, 3.8) is 0 Å². The van der Waals surface area contributed by atoms with Crippen LogP contribution in [0.1, 0.15) is 85.0 Å². The maximum absolute atomic E-state index is 12.3. The van der Waals surface area contributed by atoms with Gasteiger partial charge in [0.25, 0.3) is 0 Å². The Labute approximate surface area is 169 Å². The van der Waals surface area contributed by atoms with E-state index in [2.05, 4.69) is 0 Å². The van der Waals surface area contributed by atoms with Crippen LogP contribution in [0.2, 0.25) is 0 Å². The minimum absolute atomic E-state index is 0.170. The molecule has 0 saturated heterocycles. The van der Waals surface area contributed by atoms with E-state index < -0.39 is 36.4 Å². The van der Waals surface area contributed by atoms with Crippen molar-refractivity contribution in [2.24, 2.45) is 5.92 Å². The van der Waals surface area contributed by atoms with Crippen LogP contribution in [0.5, 0.6) is 0 Å². The van der Waals surface area contributed by atoms with E-state index in [0.717, 1.165) is 44.9 Å². The fourth-order valence-corrected chi connectivity index (χ4v) is 2.51. The van der Waals surface area contributed by atoms with Gasteiger partial charge in [-0.25, -0.2) is 4.79 Å². The summed E-state index contributed by atoms with van der Waals surface area (Å²) in [7, 11) is 0. The summed E-state index contributed by atoms with van der Waals surface area (Å²) in [5.41, 5.74) is 0. The van der Waals surface area contributed by atoms with Crippen LogP contribution >= 0.6 is 0 Å². The van der Waals surface area contributed by atoms with E-state index in [9.17, 15) is 19.5 Å². The maximum atomic E-state index is 12.3. The van der Waals surface area contributed by atoms with Crippen LogP contribution in [0.4, 0.5) is 0 Å². The van der Waals surface area contributed by atoms with E-state index in [1.54, 1.807) is 0 Å². The SMILES string of the molecule is CCCCCOC(=O)CC(C(=O)OCCCCC)C(O)C(=O)OCCCCC. The Morgan fingerprint density at radius 2 is 1.11 bits per heavy atom. The van der Waals surface area contributed by atoms with Crippen molar-refractivity contribution in [3.8, 4) is 0 Å². The molecule has 0 heterocycles. The topological polar surface area (TPSA) is 99.1 Å². The van der Waals surface area contributed by atoms with Crippen LogP contribution < -0.4 is 0 Å². The summed E-state index contributed by atoms with van der Waals surface area (Å²) in [4.78, 5) is 36.4. The minimum Gasteiger partial charge on any atom is -0.466 e. The average molecular weight is 403 g/mol. The van der Waals surface area contributed by atoms with Crippen LogP contribution in [0, 0.1) is 5.92 Å². The van der Waals surface area contributed by atoms with Crippen molar-refractivity contribution in [1.82, 2.24) is 0 Å². The smallest absolute Gasteiger partial charge is 0.335 e. The fourth-order valence-electron chi connectivity index (χ4n) is 2.51. The number of esters is 3. The van der Waals surface area contributed by atoms with Gasteiger partial charge in [0.05, 0.1) is 26.2 Å². The monoisotopic (exact) mass is 402 g/mol. The number of aliphatic hydroxyl groups excluding tert-OH is 1. The summed E-state index contributed by atoms with van der Waals surface area (Å²) in [5.74, 6) is -3.64. The second-order valence-electron chi connectivity index (χ2n) is 6.93. The molecule has 0 aromatic rings. The third-order valence-corrected chi connectivity index (χ3v) is 4.31. The molecule has 7 heteroatoms. The summed E-state index contributed by atoms with van der Waals surface area (Å²) < 4.78 is 15.3. The van der Waals surface area contributed by atoms with Crippen molar-refractivity contribution in [2.45, 2.75) is 91.1 Å². The van der Waals surface area contributed by atoms with Gasteiger partial charge in [-0.3, -0.25) is 9.59 Å². The highest BCUT2D eigenvalue weighted by Gasteiger charge is 2.36. The molecule has 0 aliphatic heterocycles. The number of rotatable bonds is 17. The Hall–Kier alpha value is -1.63. The van der Waals surface area contributed by atoms with Crippen LogP contribution in [0.3, 0.4) is 0 Å². The Kier molecular flexibility index (Phi) is 16.5. The maximum Gasteiger partial charge on any atom is 0.335 e. The minimum atomic E-state index is -1.75. The van der Waals surface area contributed by atoms with Gasteiger partial charge < -0.3 is 19.3 Å². The molecule has 0 saturated carbocycles. The summed E-state index contributed by atoms with van der Waals surface area (Å²) in [5, 5.41) is 10.3. The molecule has 0 rings (SSSR count). The Morgan fingerprint density at radius 1 is 0.679 bits per heavy atom. The summed E-state index contributed by atoms with van der Waals surface area (Å²) in [6.07, 6.45) is 5.61. The molecule has 0 fully saturated rings. The first kappa shape index (κ1) is 26.4. The zero-order valence-corrected chi connectivity index (χ0v) is 17.7. The van der Waals surface area contributed by atoms with Crippen molar-refractivity contribution in [3.05, 3.63) is 0 Å². The lowest BCUT2D eigenvalue weighted by atomic mass is 9.98. The van der Waals surface area contributed by atoms with Gasteiger partial charge in [0.1, 0.15) is 5.92 Å². The van der Waals surface area contributed by atoms with Gasteiger partial charge in [-0.05, 0) is 19.3 Å². The lowest BCUT2D eigenvalue weighted by molar-refractivity contribution is -0.170. The predicted molar refractivity (Wildman–Crippen MR) is 106 cm³/mol. The molecule has 0 aliphatic rings. The number of carbonyl (C=O) groups is 3. The predicted octanol–water partition coefficient (Wildman–Crippen LogP) is 3.55. The lowest BCUT2D eigenvalue weighted by Gasteiger charge is -2.20. The summed E-state index contributed by atoms with van der Waals surface area (Å²) in [6, 6.07) is 0. The van der Waals surface area contributed by atoms with Crippen molar-refractivity contribution >= 4 is 17.9 Å². The van der Waals surface area contributed by atoms with Crippen LogP contribution in [0.15, 0.2) is 0 Å². The average Bonchev–Trinajstić information content (AvgIpc) is 2.69. The highest BCUT2D eigenvalue weighted by Crippen LogP contribution is 2.16. The molecule has 0 aromatic heterocycles. The molecule has 0 spiro atoms. The second-order valence-corrected chi connectivity index (χ2v) is 6.93. The third kappa shape index (κ3) is 12.7. The Balaban J connectivity index is 4.73. The largest absolute Gasteiger partial charge is 0.466 e. The molecular weight excluding hydrogens is 364 g/mol. The van der Waals surface area contributed by atoms with E-state index >= 15 is 0 Å². The van der Waals surface area contributed by atoms with Crippen molar-refractivity contribution < 1.29 is 33.7 Å². The molecule has 164 valence electrons. The first-order valence-corrected chi connectivity index (χ1v) is 10.6. The van der Waals surface area contributed by atoms with Gasteiger partial charge in [-0.2, -0.15) is 0 Å². The highest BCUT2D eigenvalue weighted by molar-refractivity contribution is 5.87. The van der Waals surface area contributed by atoms with Crippen LogP contribution in [0.25, 0.3) is 0 Å². The molecule has 2 atom stereocenters. The normalized spacial score (nSPS) is 12.9. The zero-order chi connectivity index (χ0) is 21.2. The summed E-state index contributed by atoms with van der Waals surface area (Å²) in [6.45, 7) is 6.69. The molecule has 7 nitrogen and oxygen atoms in total. The van der Waals surface area contributed by atoms with Gasteiger partial charge >= 0.3 is 17.9 Å². The molecule has 0 radical (unpaired) electrons.